The van der Waals surface area contributed by atoms with Crippen molar-refractivity contribution < 1.29 is 4.74 Å². The Balaban J connectivity index is 2.44. The van der Waals surface area contributed by atoms with Crippen LogP contribution in [0.1, 0.15) is 13.8 Å². The normalized spacial score (nSPS) is 10.5. The number of hydrogen-bond acceptors (Lipinski definition) is 2. The van der Waals surface area contributed by atoms with E-state index in [9.17, 15) is 0 Å². The van der Waals surface area contributed by atoms with Crippen LogP contribution < -0.4 is 4.74 Å². The van der Waals surface area contributed by atoms with Gasteiger partial charge in [0, 0.05) is 13.1 Å². The van der Waals surface area contributed by atoms with Crippen LogP contribution in [0.3, 0.4) is 0 Å². The Morgan fingerprint density at radius 3 is 2.85 bits per heavy atom. The number of hydrogen-bond donors (Lipinski definition) is 0. The lowest BCUT2D eigenvalue weighted by atomic mass is 10.1. The standard InChI is InChI=1S/C10H16N2O/c1-8(2)9(3)7-13-10-5-6-11-12(10)4/h5-6,8H,3,7H2,1-2,4H3. The molecule has 1 aromatic rings. The zero-order chi connectivity index (χ0) is 9.84. The van der Waals surface area contributed by atoms with Crippen LogP contribution in [-0.2, 0) is 7.05 Å². The van der Waals surface area contributed by atoms with E-state index in [4.69, 9.17) is 4.74 Å². The van der Waals surface area contributed by atoms with E-state index in [1.165, 1.54) is 0 Å². The molecule has 0 aliphatic heterocycles. The van der Waals surface area contributed by atoms with E-state index in [-0.39, 0.29) is 0 Å². The largest absolute Gasteiger partial charge is 0.473 e. The van der Waals surface area contributed by atoms with Crippen molar-refractivity contribution in [2.24, 2.45) is 13.0 Å². The summed E-state index contributed by atoms with van der Waals surface area (Å²) in [6, 6.07) is 1.84. The van der Waals surface area contributed by atoms with Gasteiger partial charge in [-0.25, -0.2) is 4.68 Å². The van der Waals surface area contributed by atoms with Crippen molar-refractivity contribution in [3.63, 3.8) is 0 Å². The molecule has 0 aromatic carbocycles. The second-order valence-corrected chi connectivity index (χ2v) is 3.39. The van der Waals surface area contributed by atoms with Crippen LogP contribution in [0, 0.1) is 5.92 Å². The van der Waals surface area contributed by atoms with Crippen LogP contribution in [0.5, 0.6) is 5.88 Å². The van der Waals surface area contributed by atoms with Gasteiger partial charge in [0.25, 0.3) is 0 Å². The predicted octanol–water partition coefficient (Wildman–Crippen LogP) is 2.01. The summed E-state index contributed by atoms with van der Waals surface area (Å²) in [5.74, 6) is 1.25. The van der Waals surface area contributed by atoms with E-state index < -0.39 is 0 Å². The molecule has 1 heterocycles. The minimum absolute atomic E-state index is 0.466. The van der Waals surface area contributed by atoms with Gasteiger partial charge in [-0.1, -0.05) is 20.4 Å². The molecule has 3 heteroatoms. The van der Waals surface area contributed by atoms with Gasteiger partial charge in [0.05, 0.1) is 6.20 Å². The third kappa shape index (κ3) is 2.61. The van der Waals surface area contributed by atoms with E-state index in [0.717, 1.165) is 11.5 Å². The average molecular weight is 180 g/mol. The van der Waals surface area contributed by atoms with Crippen molar-refractivity contribution in [1.82, 2.24) is 9.78 Å². The van der Waals surface area contributed by atoms with Gasteiger partial charge in [0.2, 0.25) is 5.88 Å². The van der Waals surface area contributed by atoms with Crippen LogP contribution in [0.25, 0.3) is 0 Å². The highest BCUT2D eigenvalue weighted by molar-refractivity contribution is 5.09. The van der Waals surface area contributed by atoms with Gasteiger partial charge in [0.15, 0.2) is 0 Å². The van der Waals surface area contributed by atoms with Gasteiger partial charge in [0.1, 0.15) is 6.61 Å². The molecule has 0 bridgehead atoms. The number of nitrogens with zero attached hydrogens (tertiary/aromatic N) is 2. The maximum absolute atomic E-state index is 5.50. The van der Waals surface area contributed by atoms with Crippen LogP contribution >= 0.6 is 0 Å². The molecule has 0 radical (unpaired) electrons. The molecule has 0 spiro atoms. The Kier molecular flexibility index (Phi) is 3.12. The summed E-state index contributed by atoms with van der Waals surface area (Å²) < 4.78 is 7.20. The van der Waals surface area contributed by atoms with Crippen LogP contribution in [0.2, 0.25) is 0 Å². The summed E-state index contributed by atoms with van der Waals surface area (Å²) in [4.78, 5) is 0. The Bertz CT molecular complexity index is 289. The van der Waals surface area contributed by atoms with Gasteiger partial charge < -0.3 is 4.74 Å². The molecule has 0 amide bonds. The monoisotopic (exact) mass is 180 g/mol. The molecule has 0 aliphatic carbocycles. The lowest BCUT2D eigenvalue weighted by molar-refractivity contribution is 0.310. The SMILES string of the molecule is C=C(COc1ccnn1C)C(C)C. The van der Waals surface area contributed by atoms with Crippen LogP contribution in [0.4, 0.5) is 0 Å². The van der Waals surface area contributed by atoms with Crippen molar-refractivity contribution in [2.75, 3.05) is 6.61 Å². The molecular weight excluding hydrogens is 164 g/mol. The summed E-state index contributed by atoms with van der Waals surface area (Å²) in [7, 11) is 1.85. The summed E-state index contributed by atoms with van der Waals surface area (Å²) in [5.41, 5.74) is 1.10. The number of ether oxygens (including phenoxy) is 1. The summed E-state index contributed by atoms with van der Waals surface area (Å²) in [6.07, 6.45) is 1.72. The fraction of sp³-hybridized carbons (Fsp3) is 0.500. The first-order valence-electron chi connectivity index (χ1n) is 4.39. The molecule has 72 valence electrons. The summed E-state index contributed by atoms with van der Waals surface area (Å²) in [5, 5.41) is 4.00. The molecule has 0 atom stereocenters. The number of aromatic nitrogens is 2. The van der Waals surface area contributed by atoms with Crippen molar-refractivity contribution in [3.8, 4) is 5.88 Å². The van der Waals surface area contributed by atoms with Crippen molar-refractivity contribution in [3.05, 3.63) is 24.4 Å². The second-order valence-electron chi connectivity index (χ2n) is 3.39. The van der Waals surface area contributed by atoms with E-state index in [1.54, 1.807) is 10.9 Å². The van der Waals surface area contributed by atoms with Crippen LogP contribution in [-0.4, -0.2) is 16.4 Å². The van der Waals surface area contributed by atoms with Gasteiger partial charge >= 0.3 is 0 Å². The first kappa shape index (κ1) is 9.84. The molecule has 3 nitrogen and oxygen atoms in total. The molecule has 0 aliphatic rings. The molecule has 0 N–H and O–H groups in total. The first-order valence-corrected chi connectivity index (χ1v) is 4.39. The fourth-order valence-electron chi connectivity index (χ4n) is 0.837. The third-order valence-corrected chi connectivity index (χ3v) is 2.00. The predicted molar refractivity (Wildman–Crippen MR) is 52.7 cm³/mol. The minimum atomic E-state index is 0.466. The smallest absolute Gasteiger partial charge is 0.211 e. The Labute approximate surface area is 79.0 Å². The Hall–Kier alpha value is -1.25. The van der Waals surface area contributed by atoms with E-state index in [0.29, 0.717) is 12.5 Å². The van der Waals surface area contributed by atoms with Gasteiger partial charge in [-0.3, -0.25) is 0 Å². The molecule has 1 rings (SSSR count). The first-order chi connectivity index (χ1) is 6.11. The topological polar surface area (TPSA) is 27.1 Å². The Morgan fingerprint density at radius 2 is 2.38 bits per heavy atom. The highest BCUT2D eigenvalue weighted by Gasteiger charge is 2.03. The van der Waals surface area contributed by atoms with E-state index in [1.807, 2.05) is 13.1 Å². The molecule has 0 saturated heterocycles. The molecule has 1 aromatic heterocycles. The van der Waals surface area contributed by atoms with Crippen LogP contribution in [0.15, 0.2) is 24.4 Å². The minimum Gasteiger partial charge on any atom is -0.473 e. The van der Waals surface area contributed by atoms with Gasteiger partial charge in [-0.2, -0.15) is 5.10 Å². The molecule has 13 heavy (non-hydrogen) atoms. The number of rotatable bonds is 4. The number of aryl methyl sites for hydroxylation is 1. The van der Waals surface area contributed by atoms with Crippen molar-refractivity contribution in [2.45, 2.75) is 13.8 Å². The highest BCUT2D eigenvalue weighted by Crippen LogP contribution is 2.11. The zero-order valence-electron chi connectivity index (χ0n) is 8.45. The maximum Gasteiger partial charge on any atom is 0.211 e. The highest BCUT2D eigenvalue weighted by atomic mass is 16.5. The molecule has 0 unspecified atom stereocenters. The lowest BCUT2D eigenvalue weighted by Crippen LogP contribution is -2.07. The second kappa shape index (κ2) is 4.12. The van der Waals surface area contributed by atoms with Gasteiger partial charge in [-0.15, -0.1) is 0 Å². The fourth-order valence-corrected chi connectivity index (χ4v) is 0.837. The van der Waals surface area contributed by atoms with Crippen molar-refractivity contribution in [1.29, 1.82) is 0 Å². The molecule has 0 saturated carbocycles. The summed E-state index contributed by atoms with van der Waals surface area (Å²) >= 11 is 0. The third-order valence-electron chi connectivity index (χ3n) is 2.00. The van der Waals surface area contributed by atoms with Gasteiger partial charge in [-0.05, 0) is 11.5 Å². The van der Waals surface area contributed by atoms with E-state index >= 15 is 0 Å². The van der Waals surface area contributed by atoms with Crippen molar-refractivity contribution >= 4 is 0 Å². The van der Waals surface area contributed by atoms with E-state index in [2.05, 4.69) is 25.5 Å². The zero-order valence-corrected chi connectivity index (χ0v) is 8.45. The Morgan fingerprint density at radius 1 is 1.69 bits per heavy atom. The summed E-state index contributed by atoms with van der Waals surface area (Å²) in [6.45, 7) is 8.71. The quantitative estimate of drug-likeness (QED) is 0.663. The molecular formula is C10H16N2O. The maximum atomic E-state index is 5.50. The average Bonchev–Trinajstić information content (AvgIpc) is 2.47. The lowest BCUT2D eigenvalue weighted by Gasteiger charge is -2.10. The molecule has 0 fully saturated rings.